The monoisotopic (exact) mass is 456 g/mol. The zero-order valence-electron chi connectivity index (χ0n) is 19.4. The van der Waals surface area contributed by atoms with Gasteiger partial charge >= 0.3 is 0 Å². The molecule has 170 valence electrons. The summed E-state index contributed by atoms with van der Waals surface area (Å²) in [7, 11) is 1.69. The molecule has 6 rings (SSSR count). The highest BCUT2D eigenvalue weighted by Gasteiger charge is 2.32. The average Bonchev–Trinajstić information content (AvgIpc) is 3.39. The van der Waals surface area contributed by atoms with Crippen LogP contribution >= 0.6 is 0 Å². The minimum Gasteiger partial charge on any atom is -0.497 e. The summed E-state index contributed by atoms with van der Waals surface area (Å²) in [4.78, 5) is 10.0. The van der Waals surface area contributed by atoms with Crippen LogP contribution in [0.4, 0.5) is 5.95 Å². The Morgan fingerprint density at radius 2 is 1.46 bits per heavy atom. The van der Waals surface area contributed by atoms with Gasteiger partial charge in [-0.05, 0) is 29.3 Å². The average molecular weight is 457 g/mol. The van der Waals surface area contributed by atoms with Crippen molar-refractivity contribution in [1.82, 2.24) is 9.97 Å². The van der Waals surface area contributed by atoms with Gasteiger partial charge in [-0.2, -0.15) is 5.10 Å². The van der Waals surface area contributed by atoms with Crippen molar-refractivity contribution in [2.45, 2.75) is 12.5 Å². The number of hydrogen-bond donors (Lipinski definition) is 0. The molecule has 0 amide bonds. The molecule has 1 aliphatic heterocycles. The maximum Gasteiger partial charge on any atom is 0.247 e. The Hall–Kier alpha value is -4.51. The molecule has 1 aromatic heterocycles. The number of fused-ring (bicyclic) bond motifs is 1. The number of hydrogen-bond acceptors (Lipinski definition) is 5. The highest BCUT2D eigenvalue weighted by atomic mass is 16.5. The van der Waals surface area contributed by atoms with Crippen molar-refractivity contribution < 1.29 is 4.74 Å². The molecule has 5 aromatic rings. The second kappa shape index (κ2) is 9.03. The van der Waals surface area contributed by atoms with Crippen molar-refractivity contribution in [3.8, 4) is 17.0 Å². The topological polar surface area (TPSA) is 50.6 Å². The van der Waals surface area contributed by atoms with Gasteiger partial charge < -0.3 is 4.74 Å². The number of para-hydroxylation sites is 1. The largest absolute Gasteiger partial charge is 0.497 e. The van der Waals surface area contributed by atoms with Gasteiger partial charge in [-0.1, -0.05) is 91.0 Å². The van der Waals surface area contributed by atoms with Gasteiger partial charge in [-0.15, -0.1) is 0 Å². The maximum atomic E-state index is 5.51. The number of hydrazone groups is 1. The summed E-state index contributed by atoms with van der Waals surface area (Å²) in [5.74, 6) is 1.40. The summed E-state index contributed by atoms with van der Waals surface area (Å²) in [5.41, 5.74) is 6.07. The summed E-state index contributed by atoms with van der Waals surface area (Å²) >= 11 is 0. The van der Waals surface area contributed by atoms with Crippen molar-refractivity contribution in [2.24, 2.45) is 5.10 Å². The number of ether oxygens (including phenoxy) is 1. The van der Waals surface area contributed by atoms with Crippen molar-refractivity contribution in [2.75, 3.05) is 12.1 Å². The number of nitrogens with zero attached hydrogens (tertiary/aromatic N) is 4. The van der Waals surface area contributed by atoms with Gasteiger partial charge in [0.15, 0.2) is 0 Å². The molecule has 0 radical (unpaired) electrons. The molecule has 5 nitrogen and oxygen atoms in total. The zero-order chi connectivity index (χ0) is 23.6. The van der Waals surface area contributed by atoms with Crippen LogP contribution in [0.2, 0.25) is 0 Å². The fourth-order valence-corrected chi connectivity index (χ4v) is 4.59. The van der Waals surface area contributed by atoms with E-state index in [1.165, 1.54) is 0 Å². The predicted molar refractivity (Wildman–Crippen MR) is 141 cm³/mol. The van der Waals surface area contributed by atoms with Crippen LogP contribution < -0.4 is 9.75 Å². The van der Waals surface area contributed by atoms with Crippen molar-refractivity contribution in [3.63, 3.8) is 0 Å². The highest BCUT2D eigenvalue weighted by molar-refractivity contribution is 6.03. The van der Waals surface area contributed by atoms with E-state index >= 15 is 0 Å². The van der Waals surface area contributed by atoms with E-state index in [9.17, 15) is 0 Å². The van der Waals surface area contributed by atoms with Gasteiger partial charge in [0.25, 0.3) is 0 Å². The fraction of sp³-hybridized carbons (Fsp3) is 0.100. The first-order valence-electron chi connectivity index (χ1n) is 11.7. The summed E-state index contributed by atoms with van der Waals surface area (Å²) in [6.45, 7) is 0. The maximum absolute atomic E-state index is 5.51. The third-order valence-corrected chi connectivity index (χ3v) is 6.34. The highest BCUT2D eigenvalue weighted by Crippen LogP contribution is 2.38. The van der Waals surface area contributed by atoms with E-state index in [4.69, 9.17) is 19.8 Å². The zero-order valence-corrected chi connectivity index (χ0v) is 19.4. The summed E-state index contributed by atoms with van der Waals surface area (Å²) in [5, 5.41) is 8.06. The molecular weight excluding hydrogens is 432 g/mol. The molecule has 4 aromatic carbocycles. The Morgan fingerprint density at radius 1 is 0.743 bits per heavy atom. The fourth-order valence-electron chi connectivity index (χ4n) is 4.59. The number of aromatic nitrogens is 2. The minimum atomic E-state index is -0.0508. The first-order chi connectivity index (χ1) is 17.3. The third-order valence-electron chi connectivity index (χ3n) is 6.34. The molecule has 0 saturated carbocycles. The molecule has 5 heteroatoms. The van der Waals surface area contributed by atoms with Gasteiger partial charge in [0, 0.05) is 17.4 Å². The lowest BCUT2D eigenvalue weighted by Gasteiger charge is -2.23. The SMILES string of the molecule is COc1cccc([C@@H]2CC(c3ccccc3)=NN2c2nc(-c3ccccc3)c3ccccc3n2)c1. The van der Waals surface area contributed by atoms with Gasteiger partial charge in [0.2, 0.25) is 5.95 Å². The van der Waals surface area contributed by atoms with Crippen LogP contribution in [0.5, 0.6) is 5.75 Å². The quantitative estimate of drug-likeness (QED) is 0.297. The Kier molecular flexibility index (Phi) is 5.43. The second-order valence-electron chi connectivity index (χ2n) is 8.51. The Balaban J connectivity index is 1.53. The normalized spacial score (nSPS) is 15.3. The van der Waals surface area contributed by atoms with Crippen LogP contribution in [0, 0.1) is 0 Å². The van der Waals surface area contributed by atoms with Crippen LogP contribution in [-0.4, -0.2) is 22.8 Å². The van der Waals surface area contributed by atoms with Crippen LogP contribution in [0.25, 0.3) is 22.2 Å². The van der Waals surface area contributed by atoms with Crippen LogP contribution in [0.1, 0.15) is 23.6 Å². The molecule has 1 aliphatic rings. The molecule has 0 saturated heterocycles. The number of anilines is 1. The third kappa shape index (κ3) is 4.02. The van der Waals surface area contributed by atoms with Crippen LogP contribution in [-0.2, 0) is 0 Å². The molecule has 2 heterocycles. The molecular formula is C30H24N4O. The summed E-state index contributed by atoms with van der Waals surface area (Å²) in [6, 6.07) is 36.8. The van der Waals surface area contributed by atoms with E-state index in [2.05, 4.69) is 42.5 Å². The first-order valence-corrected chi connectivity index (χ1v) is 11.7. The van der Waals surface area contributed by atoms with Gasteiger partial charge in [0.05, 0.1) is 30.1 Å². The Morgan fingerprint density at radius 3 is 2.23 bits per heavy atom. The van der Waals surface area contributed by atoms with Gasteiger partial charge in [-0.3, -0.25) is 0 Å². The van der Waals surface area contributed by atoms with E-state index in [1.54, 1.807) is 7.11 Å². The molecule has 0 fully saturated rings. The summed E-state index contributed by atoms with van der Waals surface area (Å²) < 4.78 is 5.51. The van der Waals surface area contributed by atoms with Crippen molar-refractivity contribution in [3.05, 3.63) is 120 Å². The number of rotatable bonds is 5. The molecule has 0 bridgehead atoms. The standard InChI is InChI=1S/C30H24N4O/c1-35-24-16-10-15-23(19-24)28-20-27(21-11-4-2-5-12-21)33-34(28)30-31-26-18-9-8-17-25(26)29(32-30)22-13-6-3-7-14-22/h2-19,28H,20H2,1H3/t28-/m0/s1. The molecule has 0 N–H and O–H groups in total. The van der Waals surface area contributed by atoms with Gasteiger partial charge in [-0.25, -0.2) is 15.0 Å². The van der Waals surface area contributed by atoms with Crippen molar-refractivity contribution in [1.29, 1.82) is 0 Å². The van der Waals surface area contributed by atoms with Crippen molar-refractivity contribution >= 4 is 22.6 Å². The second-order valence-corrected chi connectivity index (χ2v) is 8.51. The lowest BCUT2D eigenvalue weighted by Crippen LogP contribution is -2.21. The molecule has 0 unspecified atom stereocenters. The Labute approximate surface area is 204 Å². The predicted octanol–water partition coefficient (Wildman–Crippen LogP) is 6.66. The Bertz CT molecular complexity index is 1520. The molecule has 1 atom stereocenters. The van der Waals surface area contributed by atoms with E-state index in [1.807, 2.05) is 71.7 Å². The smallest absolute Gasteiger partial charge is 0.247 e. The van der Waals surface area contributed by atoms with E-state index in [0.29, 0.717) is 5.95 Å². The lowest BCUT2D eigenvalue weighted by molar-refractivity contribution is 0.414. The van der Waals surface area contributed by atoms with E-state index in [0.717, 1.165) is 51.2 Å². The molecule has 0 aliphatic carbocycles. The number of benzene rings is 4. The van der Waals surface area contributed by atoms with Crippen LogP contribution in [0.15, 0.2) is 114 Å². The van der Waals surface area contributed by atoms with E-state index in [-0.39, 0.29) is 6.04 Å². The number of methoxy groups -OCH3 is 1. The van der Waals surface area contributed by atoms with Gasteiger partial charge in [0.1, 0.15) is 5.75 Å². The summed E-state index contributed by atoms with van der Waals surface area (Å²) in [6.07, 6.45) is 0.744. The molecule has 0 spiro atoms. The minimum absolute atomic E-state index is 0.0508. The first kappa shape index (κ1) is 21.1. The molecule has 35 heavy (non-hydrogen) atoms. The lowest BCUT2D eigenvalue weighted by atomic mass is 9.98. The van der Waals surface area contributed by atoms with Crippen LogP contribution in [0.3, 0.4) is 0 Å². The van der Waals surface area contributed by atoms with E-state index < -0.39 is 0 Å².